The summed E-state index contributed by atoms with van der Waals surface area (Å²) in [4.78, 5) is 13.6. The molecule has 1 fully saturated rings. The standard InChI is InChI=1S/C14H28N2O3/c1-14(2,3)19-13(17)16(4)12(9-15)8-11-6-5-7-18-10-11/h11-12H,5-10,15H2,1-4H3/t11-,12-/m0/s1. The van der Waals surface area contributed by atoms with Gasteiger partial charge in [-0.25, -0.2) is 4.79 Å². The van der Waals surface area contributed by atoms with Crippen LogP contribution in [0.2, 0.25) is 0 Å². The van der Waals surface area contributed by atoms with Gasteiger partial charge in [-0.2, -0.15) is 0 Å². The molecule has 0 saturated carbocycles. The number of likely N-dealkylation sites (N-methyl/N-ethyl adjacent to an activating group) is 1. The molecule has 5 nitrogen and oxygen atoms in total. The van der Waals surface area contributed by atoms with Crippen molar-refractivity contribution in [1.29, 1.82) is 0 Å². The van der Waals surface area contributed by atoms with Gasteiger partial charge in [0, 0.05) is 32.8 Å². The Balaban J connectivity index is 2.50. The molecular weight excluding hydrogens is 244 g/mol. The third-order valence-electron chi connectivity index (χ3n) is 3.36. The largest absolute Gasteiger partial charge is 0.444 e. The summed E-state index contributed by atoms with van der Waals surface area (Å²) in [7, 11) is 1.76. The molecule has 0 bridgehead atoms. The first-order valence-corrected chi connectivity index (χ1v) is 7.07. The topological polar surface area (TPSA) is 64.8 Å². The van der Waals surface area contributed by atoms with Crippen LogP contribution in [-0.2, 0) is 9.47 Å². The molecule has 0 aromatic carbocycles. The molecule has 19 heavy (non-hydrogen) atoms. The van der Waals surface area contributed by atoms with E-state index in [1.54, 1.807) is 11.9 Å². The molecule has 5 heteroatoms. The minimum atomic E-state index is -0.474. The Morgan fingerprint density at radius 1 is 1.53 bits per heavy atom. The molecule has 0 radical (unpaired) electrons. The number of ether oxygens (including phenoxy) is 2. The first-order valence-electron chi connectivity index (χ1n) is 7.07. The molecule has 1 aliphatic heterocycles. The summed E-state index contributed by atoms with van der Waals surface area (Å²) in [5.74, 6) is 0.493. The van der Waals surface area contributed by atoms with Crippen LogP contribution in [0.5, 0.6) is 0 Å². The minimum absolute atomic E-state index is 0.0153. The Hall–Kier alpha value is -0.810. The van der Waals surface area contributed by atoms with Crippen LogP contribution in [0.1, 0.15) is 40.0 Å². The van der Waals surface area contributed by atoms with Crippen molar-refractivity contribution in [2.45, 2.75) is 51.7 Å². The van der Waals surface area contributed by atoms with Gasteiger partial charge in [-0.05, 0) is 46.0 Å². The number of carbonyl (C=O) groups excluding carboxylic acids is 1. The second-order valence-corrected chi connectivity index (χ2v) is 6.30. The van der Waals surface area contributed by atoms with Gasteiger partial charge in [-0.15, -0.1) is 0 Å². The van der Waals surface area contributed by atoms with Gasteiger partial charge in [0.1, 0.15) is 5.60 Å². The molecule has 0 aromatic heterocycles. The zero-order valence-electron chi connectivity index (χ0n) is 12.6. The zero-order chi connectivity index (χ0) is 14.5. The number of hydrogen-bond donors (Lipinski definition) is 1. The second kappa shape index (κ2) is 7.10. The number of nitrogens with two attached hydrogens (primary N) is 1. The van der Waals surface area contributed by atoms with Crippen molar-refractivity contribution in [1.82, 2.24) is 4.90 Å². The van der Waals surface area contributed by atoms with Gasteiger partial charge in [0.2, 0.25) is 0 Å². The average Bonchev–Trinajstić information content (AvgIpc) is 2.34. The number of carbonyl (C=O) groups is 1. The van der Waals surface area contributed by atoms with E-state index in [1.807, 2.05) is 20.8 Å². The summed E-state index contributed by atoms with van der Waals surface area (Å²) >= 11 is 0. The Labute approximate surface area is 116 Å². The maximum atomic E-state index is 12.0. The smallest absolute Gasteiger partial charge is 0.410 e. The Morgan fingerprint density at radius 3 is 2.68 bits per heavy atom. The Bertz CT molecular complexity index is 283. The van der Waals surface area contributed by atoms with E-state index in [1.165, 1.54) is 0 Å². The monoisotopic (exact) mass is 272 g/mol. The molecule has 1 amide bonds. The number of rotatable bonds is 4. The summed E-state index contributed by atoms with van der Waals surface area (Å²) < 4.78 is 10.8. The summed E-state index contributed by atoms with van der Waals surface area (Å²) in [5.41, 5.74) is 5.33. The fraction of sp³-hybridized carbons (Fsp3) is 0.929. The first-order chi connectivity index (χ1) is 8.83. The predicted molar refractivity (Wildman–Crippen MR) is 75.0 cm³/mol. The highest BCUT2D eigenvalue weighted by Gasteiger charge is 2.27. The fourth-order valence-electron chi connectivity index (χ4n) is 2.27. The number of nitrogens with zero attached hydrogens (tertiary/aromatic N) is 1. The quantitative estimate of drug-likeness (QED) is 0.850. The lowest BCUT2D eigenvalue weighted by Crippen LogP contribution is -2.45. The average molecular weight is 272 g/mol. The van der Waals surface area contributed by atoms with Gasteiger partial charge in [0.25, 0.3) is 0 Å². The first kappa shape index (κ1) is 16.2. The Morgan fingerprint density at radius 2 is 2.21 bits per heavy atom. The maximum Gasteiger partial charge on any atom is 0.410 e. The summed E-state index contributed by atoms with van der Waals surface area (Å²) in [6.45, 7) is 7.68. The molecule has 112 valence electrons. The van der Waals surface area contributed by atoms with Crippen molar-refractivity contribution < 1.29 is 14.3 Å². The van der Waals surface area contributed by atoms with Crippen molar-refractivity contribution in [2.24, 2.45) is 11.7 Å². The van der Waals surface area contributed by atoms with E-state index in [4.69, 9.17) is 15.2 Å². The van der Waals surface area contributed by atoms with Crippen LogP contribution in [0.15, 0.2) is 0 Å². The third-order valence-corrected chi connectivity index (χ3v) is 3.36. The zero-order valence-corrected chi connectivity index (χ0v) is 12.6. The lowest BCUT2D eigenvalue weighted by atomic mass is 9.94. The molecule has 1 heterocycles. The molecule has 1 rings (SSSR count). The van der Waals surface area contributed by atoms with Crippen LogP contribution in [-0.4, -0.2) is 49.4 Å². The Kier molecular flexibility index (Phi) is 6.07. The van der Waals surface area contributed by atoms with Gasteiger partial charge in [0.15, 0.2) is 0 Å². The second-order valence-electron chi connectivity index (χ2n) is 6.30. The van der Waals surface area contributed by atoms with E-state index in [-0.39, 0.29) is 12.1 Å². The van der Waals surface area contributed by atoms with Crippen LogP contribution in [0.3, 0.4) is 0 Å². The minimum Gasteiger partial charge on any atom is -0.444 e. The van der Waals surface area contributed by atoms with Crippen LogP contribution < -0.4 is 5.73 Å². The van der Waals surface area contributed by atoms with Gasteiger partial charge >= 0.3 is 6.09 Å². The summed E-state index contributed by atoms with van der Waals surface area (Å²) in [6, 6.07) is 0.0153. The molecule has 0 spiro atoms. The van der Waals surface area contributed by atoms with Gasteiger partial charge in [-0.1, -0.05) is 0 Å². The molecular formula is C14H28N2O3. The molecule has 0 unspecified atom stereocenters. The van der Waals surface area contributed by atoms with Crippen molar-refractivity contribution >= 4 is 6.09 Å². The molecule has 0 aliphatic carbocycles. The number of hydrogen-bond acceptors (Lipinski definition) is 4. The van der Waals surface area contributed by atoms with Crippen LogP contribution in [0.25, 0.3) is 0 Å². The lowest BCUT2D eigenvalue weighted by Gasteiger charge is -2.33. The van der Waals surface area contributed by atoms with E-state index >= 15 is 0 Å². The van der Waals surface area contributed by atoms with E-state index < -0.39 is 5.60 Å². The van der Waals surface area contributed by atoms with Gasteiger partial charge < -0.3 is 20.1 Å². The summed E-state index contributed by atoms with van der Waals surface area (Å²) in [5, 5.41) is 0. The van der Waals surface area contributed by atoms with E-state index in [9.17, 15) is 4.79 Å². The van der Waals surface area contributed by atoms with E-state index in [0.717, 1.165) is 32.5 Å². The normalized spacial score (nSPS) is 21.8. The van der Waals surface area contributed by atoms with Crippen LogP contribution >= 0.6 is 0 Å². The highest BCUT2D eigenvalue weighted by Crippen LogP contribution is 2.21. The maximum absolute atomic E-state index is 12.0. The van der Waals surface area contributed by atoms with Crippen molar-refractivity contribution in [3.8, 4) is 0 Å². The van der Waals surface area contributed by atoms with Crippen molar-refractivity contribution in [3.05, 3.63) is 0 Å². The molecule has 2 atom stereocenters. The van der Waals surface area contributed by atoms with E-state index in [0.29, 0.717) is 12.5 Å². The van der Waals surface area contributed by atoms with Crippen LogP contribution in [0.4, 0.5) is 4.79 Å². The molecule has 1 aliphatic rings. The van der Waals surface area contributed by atoms with Crippen LogP contribution in [0, 0.1) is 5.92 Å². The molecule has 0 aromatic rings. The number of amides is 1. The highest BCUT2D eigenvalue weighted by molar-refractivity contribution is 5.68. The van der Waals surface area contributed by atoms with Gasteiger partial charge in [-0.3, -0.25) is 0 Å². The lowest BCUT2D eigenvalue weighted by molar-refractivity contribution is 0.0123. The van der Waals surface area contributed by atoms with Crippen molar-refractivity contribution in [2.75, 3.05) is 26.8 Å². The van der Waals surface area contributed by atoms with Crippen molar-refractivity contribution in [3.63, 3.8) is 0 Å². The van der Waals surface area contributed by atoms with Gasteiger partial charge in [0.05, 0.1) is 0 Å². The third kappa shape index (κ3) is 5.78. The highest BCUT2D eigenvalue weighted by atomic mass is 16.6. The molecule has 2 N–H and O–H groups in total. The summed E-state index contributed by atoms with van der Waals surface area (Å²) in [6.07, 6.45) is 2.82. The van der Waals surface area contributed by atoms with E-state index in [2.05, 4.69) is 0 Å². The molecule has 1 saturated heterocycles. The SMILES string of the molecule is CN(C(=O)OC(C)(C)C)[C@H](CN)C[C@@H]1CCCOC1. The predicted octanol–water partition coefficient (Wildman–Crippen LogP) is 2.00. The fourth-order valence-corrected chi connectivity index (χ4v) is 2.27.